The van der Waals surface area contributed by atoms with Gasteiger partial charge in [0.25, 0.3) is 0 Å². The summed E-state index contributed by atoms with van der Waals surface area (Å²) in [6.45, 7) is 1.67. The molecule has 2 heterocycles. The largest absolute Gasteiger partial charge is 0.380 e. The topological polar surface area (TPSA) is 75.2 Å². The summed E-state index contributed by atoms with van der Waals surface area (Å²) >= 11 is 0. The Kier molecular flexibility index (Phi) is 4.24. The molecule has 1 fully saturated rings. The molecule has 1 aliphatic heterocycles. The van der Waals surface area contributed by atoms with Crippen molar-refractivity contribution in [2.24, 2.45) is 0 Å². The summed E-state index contributed by atoms with van der Waals surface area (Å²) in [5.74, 6) is 0.790. The van der Waals surface area contributed by atoms with Crippen molar-refractivity contribution in [3.63, 3.8) is 0 Å². The zero-order chi connectivity index (χ0) is 18.1. The maximum absolute atomic E-state index is 11.9. The fraction of sp³-hybridized carbons (Fsp3) is 0.263. The molecule has 2 aromatic carbocycles. The number of fused-ring (bicyclic) bond motifs is 1. The van der Waals surface area contributed by atoms with Gasteiger partial charge in [-0.2, -0.15) is 0 Å². The number of nitrogens with zero attached hydrogens (tertiary/aromatic N) is 3. The minimum absolute atomic E-state index is 0.291. The summed E-state index contributed by atoms with van der Waals surface area (Å²) in [6.07, 6.45) is 3.75. The van der Waals surface area contributed by atoms with Gasteiger partial charge >= 0.3 is 0 Å². The van der Waals surface area contributed by atoms with E-state index in [1.54, 1.807) is 18.2 Å². The lowest BCUT2D eigenvalue weighted by Crippen LogP contribution is -2.26. The summed E-state index contributed by atoms with van der Waals surface area (Å²) in [5.41, 5.74) is 1.85. The number of anilines is 2. The number of hydrogen-bond donors (Lipinski definition) is 1. The molecule has 4 rings (SSSR count). The van der Waals surface area contributed by atoms with Gasteiger partial charge in [-0.05, 0) is 36.8 Å². The van der Waals surface area contributed by atoms with E-state index in [1.165, 1.54) is 12.6 Å². The van der Waals surface area contributed by atoms with Crippen molar-refractivity contribution in [3.05, 3.63) is 54.9 Å². The number of aromatic nitrogens is 2. The average Bonchev–Trinajstić information content (AvgIpc) is 3.09. The first-order valence-electron chi connectivity index (χ1n) is 8.52. The summed E-state index contributed by atoms with van der Waals surface area (Å²) in [4.78, 5) is 11.2. The monoisotopic (exact) mass is 368 g/mol. The first kappa shape index (κ1) is 16.8. The first-order chi connectivity index (χ1) is 12.5. The predicted octanol–water partition coefficient (Wildman–Crippen LogP) is 2.72. The number of para-hydroxylation sites is 1. The molecule has 1 N–H and O–H groups in total. The van der Waals surface area contributed by atoms with E-state index in [0.717, 1.165) is 41.9 Å². The van der Waals surface area contributed by atoms with Crippen molar-refractivity contribution in [3.8, 4) is 0 Å². The Morgan fingerprint density at radius 1 is 1.12 bits per heavy atom. The normalized spacial score (nSPS) is 17.6. The molecular formula is C19H20N4O2S. The zero-order valence-corrected chi connectivity index (χ0v) is 15.3. The van der Waals surface area contributed by atoms with Crippen molar-refractivity contribution >= 4 is 32.2 Å². The number of hydrogen-bond acceptors (Lipinski definition) is 6. The summed E-state index contributed by atoms with van der Waals surface area (Å²) in [6, 6.07) is 15.5. The van der Waals surface area contributed by atoms with Crippen LogP contribution in [0.5, 0.6) is 0 Å². The van der Waals surface area contributed by atoms with Crippen LogP contribution in [0.4, 0.5) is 11.5 Å². The molecular weight excluding hydrogens is 348 g/mol. The van der Waals surface area contributed by atoms with Crippen molar-refractivity contribution in [2.45, 2.75) is 17.4 Å². The van der Waals surface area contributed by atoms with E-state index in [4.69, 9.17) is 0 Å². The first-order valence-corrected chi connectivity index (χ1v) is 10.4. The highest BCUT2D eigenvalue weighted by molar-refractivity contribution is 7.90. The minimum Gasteiger partial charge on any atom is -0.380 e. The molecule has 0 amide bonds. The van der Waals surface area contributed by atoms with Crippen LogP contribution >= 0.6 is 0 Å². The second-order valence-electron chi connectivity index (χ2n) is 6.59. The molecule has 1 saturated heterocycles. The molecule has 26 heavy (non-hydrogen) atoms. The zero-order valence-electron chi connectivity index (χ0n) is 14.5. The lowest BCUT2D eigenvalue weighted by Gasteiger charge is -2.20. The minimum atomic E-state index is -3.27. The smallest absolute Gasteiger partial charge is 0.175 e. The molecule has 1 unspecified atom stereocenters. The van der Waals surface area contributed by atoms with E-state index in [0.29, 0.717) is 10.9 Å². The highest BCUT2D eigenvalue weighted by Gasteiger charge is 2.25. The van der Waals surface area contributed by atoms with Crippen molar-refractivity contribution in [1.82, 2.24) is 9.97 Å². The summed E-state index contributed by atoms with van der Waals surface area (Å²) in [7, 11) is -3.27. The van der Waals surface area contributed by atoms with Crippen molar-refractivity contribution in [2.75, 3.05) is 29.6 Å². The van der Waals surface area contributed by atoms with E-state index in [1.807, 2.05) is 18.2 Å². The highest BCUT2D eigenvalue weighted by Crippen LogP contribution is 2.28. The van der Waals surface area contributed by atoms with Gasteiger partial charge in [0.1, 0.15) is 12.1 Å². The van der Waals surface area contributed by atoms with E-state index in [2.05, 4.69) is 32.3 Å². The van der Waals surface area contributed by atoms with Crippen molar-refractivity contribution in [1.29, 1.82) is 0 Å². The molecule has 0 spiro atoms. The summed E-state index contributed by atoms with van der Waals surface area (Å²) in [5, 5.41) is 4.32. The van der Waals surface area contributed by atoms with Gasteiger partial charge in [-0.1, -0.05) is 18.2 Å². The number of sulfone groups is 1. The van der Waals surface area contributed by atoms with Crippen LogP contribution in [0, 0.1) is 0 Å². The van der Waals surface area contributed by atoms with Crippen LogP contribution in [0.15, 0.2) is 59.8 Å². The van der Waals surface area contributed by atoms with Gasteiger partial charge in [0, 0.05) is 36.5 Å². The number of benzene rings is 2. The standard InChI is InChI=1S/C19H20N4O2S/c1-26(24,25)16-7-8-18-17(11-16)19(21-13-20-18)23-10-9-15(12-23)22-14-5-3-2-4-6-14/h2-8,11,13,15,22H,9-10,12H2,1H3. The fourth-order valence-corrected chi connectivity index (χ4v) is 3.99. The third-order valence-electron chi connectivity index (χ3n) is 4.65. The molecule has 0 radical (unpaired) electrons. The molecule has 7 heteroatoms. The van der Waals surface area contributed by atoms with Gasteiger partial charge in [0.05, 0.1) is 10.4 Å². The second-order valence-corrected chi connectivity index (χ2v) is 8.61. The average molecular weight is 368 g/mol. The molecule has 0 aliphatic carbocycles. The lowest BCUT2D eigenvalue weighted by molar-refractivity contribution is 0.602. The molecule has 0 saturated carbocycles. The van der Waals surface area contributed by atoms with Crippen LogP contribution in [0.25, 0.3) is 10.9 Å². The van der Waals surface area contributed by atoms with E-state index < -0.39 is 9.84 Å². The second kappa shape index (κ2) is 6.57. The number of rotatable bonds is 4. The van der Waals surface area contributed by atoms with Crippen LogP contribution in [-0.2, 0) is 9.84 Å². The maximum atomic E-state index is 11.9. The van der Waals surface area contributed by atoms with Crippen molar-refractivity contribution < 1.29 is 8.42 Å². The van der Waals surface area contributed by atoms with E-state index in [9.17, 15) is 8.42 Å². The van der Waals surface area contributed by atoms with Crippen LogP contribution in [0.3, 0.4) is 0 Å². The molecule has 6 nitrogen and oxygen atoms in total. The van der Waals surface area contributed by atoms with Gasteiger partial charge in [-0.15, -0.1) is 0 Å². The Bertz CT molecular complexity index is 1040. The van der Waals surface area contributed by atoms with Gasteiger partial charge in [-0.3, -0.25) is 0 Å². The van der Waals surface area contributed by atoms with Crippen LogP contribution in [0.2, 0.25) is 0 Å². The third-order valence-corrected chi connectivity index (χ3v) is 5.76. The maximum Gasteiger partial charge on any atom is 0.175 e. The predicted molar refractivity (Wildman–Crippen MR) is 103 cm³/mol. The van der Waals surface area contributed by atoms with Crippen LogP contribution < -0.4 is 10.2 Å². The van der Waals surface area contributed by atoms with Gasteiger partial charge in [0.2, 0.25) is 0 Å². The van der Waals surface area contributed by atoms with Crippen LogP contribution in [0.1, 0.15) is 6.42 Å². The highest BCUT2D eigenvalue weighted by atomic mass is 32.2. The van der Waals surface area contributed by atoms with Gasteiger partial charge in [0.15, 0.2) is 9.84 Å². The quantitative estimate of drug-likeness (QED) is 0.763. The van der Waals surface area contributed by atoms with Gasteiger partial charge in [-0.25, -0.2) is 18.4 Å². The molecule has 1 atom stereocenters. The molecule has 1 aliphatic rings. The SMILES string of the molecule is CS(=O)(=O)c1ccc2ncnc(N3CCC(Nc4ccccc4)C3)c2c1. The molecule has 0 bridgehead atoms. The van der Waals surface area contributed by atoms with E-state index in [-0.39, 0.29) is 0 Å². The van der Waals surface area contributed by atoms with Gasteiger partial charge < -0.3 is 10.2 Å². The Balaban J connectivity index is 1.62. The molecule has 134 valence electrons. The van der Waals surface area contributed by atoms with Crippen LogP contribution in [-0.4, -0.2) is 43.8 Å². The fourth-order valence-electron chi connectivity index (χ4n) is 3.35. The lowest BCUT2D eigenvalue weighted by atomic mass is 10.2. The summed E-state index contributed by atoms with van der Waals surface area (Å²) < 4.78 is 23.8. The Labute approximate surface area is 152 Å². The number of nitrogens with one attached hydrogen (secondary N) is 1. The Hall–Kier alpha value is -2.67. The van der Waals surface area contributed by atoms with E-state index >= 15 is 0 Å². The molecule has 1 aromatic heterocycles. The Morgan fingerprint density at radius 3 is 2.69 bits per heavy atom. The molecule has 3 aromatic rings. The Morgan fingerprint density at radius 2 is 1.92 bits per heavy atom. The third kappa shape index (κ3) is 3.35.